The van der Waals surface area contributed by atoms with Crippen LogP contribution in [0.1, 0.15) is 0 Å². The molecular formula is C26H10F7OPS2. The van der Waals surface area contributed by atoms with Crippen LogP contribution in [0.25, 0.3) is 30.6 Å². The minimum absolute atomic E-state index is 0.0630. The van der Waals surface area contributed by atoms with Gasteiger partial charge in [-0.1, -0.05) is 24.3 Å². The fraction of sp³-hybridized carbons (Fsp3) is 0. The predicted octanol–water partition coefficient (Wildman–Crippen LogP) is 7.74. The Labute approximate surface area is 212 Å². The molecule has 0 saturated carbocycles. The summed E-state index contributed by atoms with van der Waals surface area (Å²) in [5.41, 5.74) is 1.03. The molecule has 0 bridgehead atoms. The van der Waals surface area contributed by atoms with E-state index in [1.807, 2.05) is 0 Å². The quantitative estimate of drug-likeness (QED) is 0.0928. The molecule has 6 rings (SSSR count). The Hall–Kier alpha value is -3.20. The number of hydrogen-bond acceptors (Lipinski definition) is 3. The van der Waals surface area contributed by atoms with Crippen molar-refractivity contribution < 1.29 is 35.3 Å². The first-order chi connectivity index (χ1) is 17.6. The van der Waals surface area contributed by atoms with E-state index in [4.69, 9.17) is 0 Å². The van der Waals surface area contributed by atoms with Crippen molar-refractivity contribution in [1.29, 1.82) is 0 Å². The summed E-state index contributed by atoms with van der Waals surface area (Å²) in [5.74, 6) is -12.1. The van der Waals surface area contributed by atoms with Crippen molar-refractivity contribution in [3.05, 3.63) is 101 Å². The van der Waals surface area contributed by atoms with Gasteiger partial charge in [-0.05, 0) is 47.5 Å². The Morgan fingerprint density at radius 1 is 0.514 bits per heavy atom. The monoisotopic (exact) mass is 566 g/mol. The highest BCUT2D eigenvalue weighted by Crippen LogP contribution is 2.59. The molecule has 37 heavy (non-hydrogen) atoms. The Bertz CT molecular complexity index is 1650. The second kappa shape index (κ2) is 8.41. The molecule has 0 amide bonds. The lowest BCUT2D eigenvalue weighted by Crippen LogP contribution is -2.28. The van der Waals surface area contributed by atoms with Gasteiger partial charge in [0.15, 0.2) is 30.4 Å². The molecule has 1 aliphatic rings. The van der Waals surface area contributed by atoms with Gasteiger partial charge in [0, 0.05) is 20.4 Å². The van der Waals surface area contributed by atoms with Crippen molar-refractivity contribution in [1.82, 2.24) is 0 Å². The maximum absolute atomic E-state index is 15.1. The average Bonchev–Trinajstić information content (AvgIpc) is 3.57. The molecule has 0 fully saturated rings. The molecule has 1 nitrogen and oxygen atoms in total. The van der Waals surface area contributed by atoms with Crippen molar-refractivity contribution in [2.45, 2.75) is 0 Å². The molecule has 0 unspecified atom stereocenters. The Kier molecular flexibility index (Phi) is 5.49. The van der Waals surface area contributed by atoms with Gasteiger partial charge >= 0.3 is 0 Å². The third kappa shape index (κ3) is 3.46. The fourth-order valence-electron chi connectivity index (χ4n) is 4.31. The number of benzene rings is 3. The Morgan fingerprint density at radius 3 is 1.24 bits per heavy atom. The lowest BCUT2D eigenvalue weighted by atomic mass is 10.2. The van der Waals surface area contributed by atoms with Crippen molar-refractivity contribution in [2.75, 3.05) is 0 Å². The summed E-state index contributed by atoms with van der Waals surface area (Å²) in [6.07, 6.45) is 0. The van der Waals surface area contributed by atoms with Gasteiger partial charge in [-0.15, -0.1) is 22.7 Å². The van der Waals surface area contributed by atoms with E-state index in [1.165, 1.54) is 60.7 Å². The normalized spacial score (nSPS) is 13.6. The summed E-state index contributed by atoms with van der Waals surface area (Å²) in [5, 5.41) is -1.52. The second-order valence-electron chi connectivity index (χ2n) is 8.19. The van der Waals surface area contributed by atoms with E-state index in [0.717, 1.165) is 22.7 Å². The van der Waals surface area contributed by atoms with E-state index in [-0.39, 0.29) is 10.6 Å². The average molecular weight is 566 g/mol. The van der Waals surface area contributed by atoms with Crippen LogP contribution in [0.3, 0.4) is 0 Å². The van der Waals surface area contributed by atoms with E-state index in [9.17, 15) is 26.5 Å². The highest BCUT2D eigenvalue weighted by atomic mass is 32.1. The highest BCUT2D eigenvalue weighted by molar-refractivity contribution is 7.87. The molecule has 2 aromatic heterocycles. The van der Waals surface area contributed by atoms with Gasteiger partial charge in [0.25, 0.3) is 0 Å². The van der Waals surface area contributed by atoms with E-state index < -0.39 is 53.2 Å². The van der Waals surface area contributed by atoms with Crippen LogP contribution in [-0.2, 0) is 4.57 Å². The lowest BCUT2D eigenvalue weighted by molar-refractivity contribution is 0.384. The topological polar surface area (TPSA) is 17.1 Å². The number of halogens is 7. The van der Waals surface area contributed by atoms with Crippen molar-refractivity contribution >= 4 is 45.7 Å². The summed E-state index contributed by atoms with van der Waals surface area (Å²) in [6, 6.07) is 13.4. The molecule has 0 atom stereocenters. The van der Waals surface area contributed by atoms with Crippen molar-refractivity contribution in [3.8, 4) is 30.6 Å². The smallest absolute Gasteiger partial charge is 0.200 e. The first kappa shape index (κ1) is 24.2. The van der Waals surface area contributed by atoms with Crippen molar-refractivity contribution in [3.63, 3.8) is 0 Å². The highest BCUT2D eigenvalue weighted by Gasteiger charge is 2.49. The standard InChI is InChI=1S/C26H10F7OPS2/c27-13-5-1-11(2-6-13)17-9-15-25(36-17)26-16(10-18(37-26)12-3-7-14(28)8-4-12)35(15,34)24-22(32)20(30)19(29)21(31)23(24)33/h1-10H. The second-order valence-corrected chi connectivity index (χ2v) is 12.9. The molecule has 3 heterocycles. The number of rotatable bonds is 3. The summed E-state index contributed by atoms with van der Waals surface area (Å²) in [4.78, 5) is 1.63. The zero-order valence-electron chi connectivity index (χ0n) is 18.1. The predicted molar refractivity (Wildman–Crippen MR) is 131 cm³/mol. The van der Waals surface area contributed by atoms with E-state index in [1.54, 1.807) is 0 Å². The van der Waals surface area contributed by atoms with Gasteiger partial charge in [0.1, 0.15) is 11.6 Å². The zero-order valence-corrected chi connectivity index (χ0v) is 20.6. The first-order valence-corrected chi connectivity index (χ1v) is 13.9. The molecular weight excluding hydrogens is 556 g/mol. The van der Waals surface area contributed by atoms with Crippen LogP contribution in [0, 0.1) is 40.7 Å². The lowest BCUT2D eigenvalue weighted by Gasteiger charge is -2.17. The van der Waals surface area contributed by atoms with E-state index >= 15 is 8.78 Å². The van der Waals surface area contributed by atoms with Crippen LogP contribution in [0.4, 0.5) is 30.7 Å². The number of hydrogen-bond donors (Lipinski definition) is 0. The Balaban J connectivity index is 1.66. The third-order valence-electron chi connectivity index (χ3n) is 6.07. The first-order valence-electron chi connectivity index (χ1n) is 10.5. The summed E-state index contributed by atoms with van der Waals surface area (Å²) >= 11 is 2.21. The van der Waals surface area contributed by atoms with Gasteiger partial charge in [0.05, 0.1) is 15.1 Å². The zero-order chi connectivity index (χ0) is 26.2. The van der Waals surface area contributed by atoms with Crippen LogP contribution in [0.15, 0.2) is 60.7 Å². The molecule has 186 valence electrons. The number of thiophene rings is 2. The van der Waals surface area contributed by atoms with Crippen molar-refractivity contribution in [2.24, 2.45) is 0 Å². The fourth-order valence-corrected chi connectivity index (χ4v) is 10.9. The van der Waals surface area contributed by atoms with Crippen LogP contribution in [-0.4, -0.2) is 0 Å². The molecule has 0 saturated heterocycles. The van der Waals surface area contributed by atoms with Gasteiger partial charge in [0.2, 0.25) is 5.82 Å². The molecule has 1 aliphatic heterocycles. The van der Waals surface area contributed by atoms with Gasteiger partial charge in [-0.2, -0.15) is 0 Å². The molecule has 5 aromatic rings. The molecule has 0 radical (unpaired) electrons. The molecule has 0 N–H and O–H groups in total. The maximum atomic E-state index is 15.1. The molecule has 11 heteroatoms. The number of fused-ring (bicyclic) bond motifs is 3. The third-order valence-corrected chi connectivity index (χ3v) is 12.0. The van der Waals surface area contributed by atoms with E-state index in [2.05, 4.69) is 0 Å². The molecule has 0 aliphatic carbocycles. The SMILES string of the molecule is O=P1(c2c(F)c(F)c(F)c(F)c2F)c2cc(-c3ccc(F)cc3)sc2-c2sc(-c3ccc(F)cc3)cc21. The minimum Gasteiger partial charge on any atom is -0.308 e. The maximum Gasteiger partial charge on any atom is 0.200 e. The van der Waals surface area contributed by atoms with Crippen LogP contribution < -0.4 is 15.9 Å². The summed E-state index contributed by atoms with van der Waals surface area (Å²) in [6.45, 7) is 0. The van der Waals surface area contributed by atoms with Crippen LogP contribution in [0.5, 0.6) is 0 Å². The largest absolute Gasteiger partial charge is 0.308 e. The van der Waals surface area contributed by atoms with Gasteiger partial charge in [-0.3, -0.25) is 0 Å². The van der Waals surface area contributed by atoms with E-state index in [0.29, 0.717) is 30.6 Å². The Morgan fingerprint density at radius 2 is 0.865 bits per heavy atom. The van der Waals surface area contributed by atoms with Crippen LogP contribution >= 0.6 is 29.8 Å². The summed E-state index contributed by atoms with van der Waals surface area (Å²) < 4.78 is 114. The summed E-state index contributed by atoms with van der Waals surface area (Å²) in [7, 11) is -4.59. The minimum atomic E-state index is -4.59. The van der Waals surface area contributed by atoms with Gasteiger partial charge in [-0.25, -0.2) is 30.7 Å². The van der Waals surface area contributed by atoms with Crippen LogP contribution in [0.2, 0.25) is 0 Å². The molecule has 3 aromatic carbocycles. The molecule has 0 spiro atoms. The van der Waals surface area contributed by atoms with Gasteiger partial charge < -0.3 is 4.57 Å².